The molecule has 0 aliphatic rings. The number of nitrogens with one attached hydrogen (secondary N) is 1. The van der Waals surface area contributed by atoms with Crippen LogP contribution in [-0.2, 0) is 18.2 Å². The van der Waals surface area contributed by atoms with Gasteiger partial charge in [0.25, 0.3) is 0 Å². The Kier molecular flexibility index (Phi) is 9.19. The van der Waals surface area contributed by atoms with Crippen LogP contribution in [0.4, 0.5) is 0 Å². The first kappa shape index (κ1) is 17.1. The van der Waals surface area contributed by atoms with Gasteiger partial charge in [-0.2, -0.15) is 0 Å². The third-order valence-electron chi connectivity index (χ3n) is 3.16. The van der Waals surface area contributed by atoms with Gasteiger partial charge in [0, 0.05) is 33.2 Å². The maximum atomic E-state index is 9.74. The second-order valence-corrected chi connectivity index (χ2v) is 5.10. The first-order valence-corrected chi connectivity index (χ1v) is 7.53. The van der Waals surface area contributed by atoms with Crippen molar-refractivity contribution in [3.05, 3.63) is 12.2 Å². The van der Waals surface area contributed by atoms with Crippen LogP contribution in [0.3, 0.4) is 0 Å². The van der Waals surface area contributed by atoms with E-state index in [1.165, 1.54) is 19.3 Å². The Labute approximate surface area is 121 Å². The van der Waals surface area contributed by atoms with Crippen molar-refractivity contribution >= 4 is 0 Å². The average molecular weight is 284 g/mol. The fourth-order valence-corrected chi connectivity index (χ4v) is 1.91. The number of hydrogen-bond donors (Lipinski definition) is 2. The maximum absolute atomic E-state index is 9.74. The van der Waals surface area contributed by atoms with Crippen molar-refractivity contribution in [2.24, 2.45) is 7.05 Å². The molecule has 6 nitrogen and oxygen atoms in total. The molecule has 1 aromatic rings. The Morgan fingerprint density at radius 1 is 1.40 bits per heavy atom. The Bertz CT molecular complexity index is 344. The molecule has 1 heterocycles. The summed E-state index contributed by atoms with van der Waals surface area (Å²) in [7, 11) is 1.93. The van der Waals surface area contributed by atoms with Gasteiger partial charge in [0.15, 0.2) is 0 Å². The number of aliphatic hydroxyl groups excluding tert-OH is 1. The molecular weight excluding hydrogens is 256 g/mol. The largest absolute Gasteiger partial charge is 0.389 e. The van der Waals surface area contributed by atoms with Crippen LogP contribution < -0.4 is 5.32 Å². The molecule has 1 atom stereocenters. The summed E-state index contributed by atoms with van der Waals surface area (Å²) in [5.74, 6) is 0.944. The first-order valence-electron chi connectivity index (χ1n) is 7.53. The lowest BCUT2D eigenvalue weighted by atomic mass is 10.2. The van der Waals surface area contributed by atoms with Gasteiger partial charge in [0.1, 0.15) is 12.2 Å². The average Bonchev–Trinajstić information content (AvgIpc) is 2.84. The summed E-state index contributed by atoms with van der Waals surface area (Å²) in [6.45, 7) is 4.67. The number of rotatable bonds is 12. The molecule has 0 radical (unpaired) electrons. The summed E-state index contributed by atoms with van der Waals surface area (Å²) in [6, 6.07) is 0. The highest BCUT2D eigenvalue weighted by atomic mass is 16.5. The van der Waals surface area contributed by atoms with Gasteiger partial charge in [-0.15, -0.1) is 10.2 Å². The molecular formula is C14H28N4O2. The van der Waals surface area contributed by atoms with Gasteiger partial charge in [0.05, 0.1) is 12.7 Å². The topological polar surface area (TPSA) is 72.2 Å². The lowest BCUT2D eigenvalue weighted by Crippen LogP contribution is -2.32. The molecule has 20 heavy (non-hydrogen) atoms. The second kappa shape index (κ2) is 10.8. The van der Waals surface area contributed by atoms with Crippen molar-refractivity contribution in [3.8, 4) is 0 Å². The van der Waals surface area contributed by atoms with Gasteiger partial charge in [-0.25, -0.2) is 0 Å². The van der Waals surface area contributed by atoms with Gasteiger partial charge in [-0.3, -0.25) is 0 Å². The molecule has 0 aliphatic carbocycles. The third kappa shape index (κ3) is 7.57. The Hall–Kier alpha value is -0.980. The van der Waals surface area contributed by atoms with Gasteiger partial charge < -0.3 is 19.7 Å². The molecule has 2 N–H and O–H groups in total. The molecule has 0 bridgehead atoms. The number of aromatic nitrogens is 3. The van der Waals surface area contributed by atoms with E-state index in [-0.39, 0.29) is 0 Å². The summed E-state index contributed by atoms with van der Waals surface area (Å²) in [5, 5.41) is 20.8. The van der Waals surface area contributed by atoms with Crippen molar-refractivity contribution in [3.63, 3.8) is 0 Å². The lowest BCUT2D eigenvalue weighted by Gasteiger charge is -2.12. The number of ether oxygens (including phenoxy) is 1. The SMILES string of the molecule is CCCCCCOCC(O)CNCCc1nncn1C. The third-order valence-corrected chi connectivity index (χ3v) is 3.16. The molecule has 6 heteroatoms. The highest BCUT2D eigenvalue weighted by Crippen LogP contribution is 1.99. The van der Waals surface area contributed by atoms with E-state index in [0.717, 1.165) is 31.8 Å². The predicted molar refractivity (Wildman–Crippen MR) is 78.5 cm³/mol. The summed E-state index contributed by atoms with van der Waals surface area (Å²) in [4.78, 5) is 0. The highest BCUT2D eigenvalue weighted by molar-refractivity contribution is 4.84. The van der Waals surface area contributed by atoms with E-state index >= 15 is 0 Å². The first-order chi connectivity index (χ1) is 9.74. The number of unbranched alkanes of at least 4 members (excludes halogenated alkanes) is 3. The van der Waals surface area contributed by atoms with E-state index in [9.17, 15) is 5.11 Å². The van der Waals surface area contributed by atoms with Gasteiger partial charge in [0.2, 0.25) is 0 Å². The highest BCUT2D eigenvalue weighted by Gasteiger charge is 2.04. The van der Waals surface area contributed by atoms with Crippen LogP contribution in [0.1, 0.15) is 38.4 Å². The van der Waals surface area contributed by atoms with Crippen molar-refractivity contribution < 1.29 is 9.84 Å². The van der Waals surface area contributed by atoms with Crippen LogP contribution in [0.2, 0.25) is 0 Å². The Morgan fingerprint density at radius 2 is 2.25 bits per heavy atom. The fraction of sp³-hybridized carbons (Fsp3) is 0.857. The second-order valence-electron chi connectivity index (χ2n) is 5.10. The van der Waals surface area contributed by atoms with Crippen molar-refractivity contribution in [1.82, 2.24) is 20.1 Å². The zero-order valence-corrected chi connectivity index (χ0v) is 12.7. The van der Waals surface area contributed by atoms with Crippen LogP contribution in [0.25, 0.3) is 0 Å². The van der Waals surface area contributed by atoms with E-state index < -0.39 is 6.10 Å². The summed E-state index contributed by atoms with van der Waals surface area (Å²) in [6.07, 6.45) is 6.84. The van der Waals surface area contributed by atoms with E-state index in [2.05, 4.69) is 22.4 Å². The van der Waals surface area contributed by atoms with Crippen molar-refractivity contribution in [2.75, 3.05) is 26.3 Å². The van der Waals surface area contributed by atoms with Gasteiger partial charge in [-0.1, -0.05) is 26.2 Å². The molecule has 0 saturated carbocycles. The van der Waals surface area contributed by atoms with E-state index in [1.807, 2.05) is 11.6 Å². The van der Waals surface area contributed by atoms with E-state index in [0.29, 0.717) is 13.2 Å². The number of aryl methyl sites for hydroxylation is 1. The molecule has 1 aromatic heterocycles. The quantitative estimate of drug-likeness (QED) is 0.558. The molecule has 116 valence electrons. The van der Waals surface area contributed by atoms with E-state index in [1.54, 1.807) is 6.33 Å². The van der Waals surface area contributed by atoms with Gasteiger partial charge in [-0.05, 0) is 6.42 Å². The minimum Gasteiger partial charge on any atom is -0.389 e. The molecule has 0 amide bonds. The molecule has 0 spiro atoms. The summed E-state index contributed by atoms with van der Waals surface area (Å²) >= 11 is 0. The van der Waals surface area contributed by atoms with Crippen LogP contribution in [0.15, 0.2) is 6.33 Å². The monoisotopic (exact) mass is 284 g/mol. The Morgan fingerprint density at radius 3 is 2.95 bits per heavy atom. The number of aliphatic hydroxyl groups is 1. The fourth-order valence-electron chi connectivity index (χ4n) is 1.91. The van der Waals surface area contributed by atoms with Gasteiger partial charge >= 0.3 is 0 Å². The Balaban J connectivity index is 1.92. The zero-order chi connectivity index (χ0) is 14.6. The van der Waals surface area contributed by atoms with E-state index in [4.69, 9.17) is 4.74 Å². The van der Waals surface area contributed by atoms with Crippen molar-refractivity contribution in [1.29, 1.82) is 0 Å². The van der Waals surface area contributed by atoms with Crippen LogP contribution in [0.5, 0.6) is 0 Å². The molecule has 0 aliphatic heterocycles. The summed E-state index contributed by atoms with van der Waals surface area (Å²) in [5.41, 5.74) is 0. The van der Waals surface area contributed by atoms with Crippen molar-refractivity contribution in [2.45, 2.75) is 45.1 Å². The number of hydrogen-bond acceptors (Lipinski definition) is 5. The summed E-state index contributed by atoms with van der Waals surface area (Å²) < 4.78 is 7.35. The standard InChI is InChI=1S/C14H28N4O2/c1-3-4-5-6-9-20-11-13(19)10-15-8-7-14-17-16-12-18(14)2/h12-13,15,19H,3-11H2,1-2H3. The van der Waals surface area contributed by atoms with Crippen LogP contribution in [-0.4, -0.2) is 52.3 Å². The minimum atomic E-state index is -0.444. The predicted octanol–water partition coefficient (Wildman–Crippen LogP) is 0.905. The maximum Gasteiger partial charge on any atom is 0.133 e. The van der Waals surface area contributed by atoms with Crippen LogP contribution >= 0.6 is 0 Å². The van der Waals surface area contributed by atoms with Crippen LogP contribution in [0, 0.1) is 0 Å². The smallest absolute Gasteiger partial charge is 0.133 e. The lowest BCUT2D eigenvalue weighted by molar-refractivity contribution is 0.0356. The zero-order valence-electron chi connectivity index (χ0n) is 12.7. The molecule has 0 aromatic carbocycles. The minimum absolute atomic E-state index is 0.406. The molecule has 1 rings (SSSR count). The molecule has 0 saturated heterocycles. The number of nitrogens with zero attached hydrogens (tertiary/aromatic N) is 3. The molecule has 0 fully saturated rings. The molecule has 1 unspecified atom stereocenters. The normalized spacial score (nSPS) is 12.8.